The fourth-order valence-corrected chi connectivity index (χ4v) is 0. The van der Waals surface area contributed by atoms with Crippen molar-refractivity contribution in [3.8, 4) is 0 Å². The Morgan fingerprint density at radius 1 is 0.700 bits per heavy atom. The van der Waals surface area contributed by atoms with E-state index in [0.29, 0.717) is 0 Å². The van der Waals surface area contributed by atoms with Crippen molar-refractivity contribution in [1.82, 2.24) is 4.90 Å². The molecule has 0 heterocycles. The van der Waals surface area contributed by atoms with E-state index in [2.05, 4.69) is 27.7 Å². The van der Waals surface area contributed by atoms with Gasteiger partial charge in [0.1, 0.15) is 0 Å². The van der Waals surface area contributed by atoms with Crippen molar-refractivity contribution in [3.05, 3.63) is 11.1 Å². The molecule has 1 heteroatoms. The maximum atomic E-state index is 2.12. The third-order valence-electron chi connectivity index (χ3n) is 1.00. The minimum absolute atomic E-state index is 1.43. The summed E-state index contributed by atoms with van der Waals surface area (Å²) in [7, 11) is 6.00. The number of hydrogen-bond acceptors (Lipinski definition) is 1. The van der Waals surface area contributed by atoms with E-state index in [9.17, 15) is 0 Å². The van der Waals surface area contributed by atoms with Crippen LogP contribution in [0.3, 0.4) is 0 Å². The Morgan fingerprint density at radius 2 is 0.800 bits per heavy atom. The molecule has 0 fully saturated rings. The maximum Gasteiger partial charge on any atom is -0.0140 e. The first-order chi connectivity index (χ1) is 4.37. The smallest absolute Gasteiger partial charge is 0.0140 e. The molecule has 0 aliphatic rings. The van der Waals surface area contributed by atoms with Crippen molar-refractivity contribution >= 4 is 0 Å². The molecule has 0 amide bonds. The van der Waals surface area contributed by atoms with E-state index in [4.69, 9.17) is 0 Å². The van der Waals surface area contributed by atoms with Gasteiger partial charge in [0.15, 0.2) is 0 Å². The Morgan fingerprint density at radius 3 is 0.800 bits per heavy atom. The Labute approximate surface area is 65.7 Å². The molecule has 0 N–H and O–H groups in total. The van der Waals surface area contributed by atoms with Crippen LogP contribution in [-0.4, -0.2) is 26.0 Å². The fraction of sp³-hybridized carbons (Fsp3) is 0.778. The zero-order valence-corrected chi connectivity index (χ0v) is 8.45. The van der Waals surface area contributed by atoms with E-state index in [1.54, 1.807) is 0 Å². The lowest BCUT2D eigenvalue weighted by Crippen LogP contribution is -1.99. The first-order valence-corrected chi connectivity index (χ1v) is 3.59. The number of rotatable bonds is 0. The predicted octanol–water partition coefficient (Wildman–Crippen LogP) is 2.54. The molecular formula is C9H21N. The standard InChI is InChI=1S/C6H12.C3H9N/c1-5(2)6(3)4;1-4(2)3/h1-4H3;1-3H3. The van der Waals surface area contributed by atoms with Gasteiger partial charge in [0.05, 0.1) is 0 Å². The minimum Gasteiger partial charge on any atom is -0.312 e. The molecule has 0 aromatic heterocycles. The predicted molar refractivity (Wildman–Crippen MR) is 49.3 cm³/mol. The Kier molecular flexibility index (Phi) is 8.44. The van der Waals surface area contributed by atoms with Crippen molar-refractivity contribution in [3.63, 3.8) is 0 Å². The van der Waals surface area contributed by atoms with Crippen LogP contribution in [0.1, 0.15) is 27.7 Å². The summed E-state index contributed by atoms with van der Waals surface area (Å²) in [5.41, 5.74) is 2.85. The first-order valence-electron chi connectivity index (χ1n) is 3.59. The Bertz CT molecular complexity index is 80.5. The fourth-order valence-electron chi connectivity index (χ4n) is 0. The molecule has 0 aromatic rings. The molecule has 0 unspecified atom stereocenters. The topological polar surface area (TPSA) is 3.24 Å². The number of nitrogens with zero attached hydrogens (tertiary/aromatic N) is 1. The van der Waals surface area contributed by atoms with E-state index >= 15 is 0 Å². The zero-order chi connectivity index (χ0) is 8.73. The van der Waals surface area contributed by atoms with Gasteiger partial charge in [-0.25, -0.2) is 0 Å². The van der Waals surface area contributed by atoms with E-state index in [-0.39, 0.29) is 0 Å². The summed E-state index contributed by atoms with van der Waals surface area (Å²) in [4.78, 5) is 2.00. The molecule has 62 valence electrons. The van der Waals surface area contributed by atoms with Gasteiger partial charge < -0.3 is 4.90 Å². The van der Waals surface area contributed by atoms with Crippen molar-refractivity contribution in [2.24, 2.45) is 0 Å². The second kappa shape index (κ2) is 6.81. The molecule has 0 bridgehead atoms. The third kappa shape index (κ3) is 25.2. The lowest BCUT2D eigenvalue weighted by molar-refractivity contribution is 0.505. The summed E-state index contributed by atoms with van der Waals surface area (Å²) in [6.07, 6.45) is 0. The van der Waals surface area contributed by atoms with Gasteiger partial charge in [-0.1, -0.05) is 11.1 Å². The van der Waals surface area contributed by atoms with Gasteiger partial charge in [0.2, 0.25) is 0 Å². The third-order valence-corrected chi connectivity index (χ3v) is 1.00. The molecule has 0 aliphatic heterocycles. The summed E-state index contributed by atoms with van der Waals surface area (Å²) in [5, 5.41) is 0. The number of hydrogen-bond donors (Lipinski definition) is 0. The van der Waals surface area contributed by atoms with Crippen LogP contribution in [0.25, 0.3) is 0 Å². The summed E-state index contributed by atoms with van der Waals surface area (Å²) < 4.78 is 0. The highest BCUT2D eigenvalue weighted by atomic mass is 15.0. The lowest BCUT2D eigenvalue weighted by atomic mass is 10.2. The van der Waals surface area contributed by atoms with Crippen molar-refractivity contribution in [2.75, 3.05) is 21.1 Å². The van der Waals surface area contributed by atoms with Crippen LogP contribution in [0.15, 0.2) is 11.1 Å². The second-order valence-corrected chi connectivity index (χ2v) is 3.34. The van der Waals surface area contributed by atoms with Gasteiger partial charge in [-0.3, -0.25) is 0 Å². The molecule has 0 aliphatic carbocycles. The molecule has 0 saturated carbocycles. The summed E-state index contributed by atoms with van der Waals surface area (Å²) in [5.74, 6) is 0. The molecule has 0 atom stereocenters. The first kappa shape index (κ1) is 12.4. The van der Waals surface area contributed by atoms with Crippen LogP contribution in [0, 0.1) is 0 Å². The molecule has 0 spiro atoms. The van der Waals surface area contributed by atoms with Crippen molar-refractivity contribution in [2.45, 2.75) is 27.7 Å². The van der Waals surface area contributed by atoms with Crippen LogP contribution in [0.5, 0.6) is 0 Å². The van der Waals surface area contributed by atoms with Gasteiger partial charge >= 0.3 is 0 Å². The lowest BCUT2D eigenvalue weighted by Gasteiger charge is -1.90. The highest BCUT2D eigenvalue weighted by molar-refractivity contribution is 5.02. The minimum atomic E-state index is 1.43. The maximum absolute atomic E-state index is 2.12. The summed E-state index contributed by atoms with van der Waals surface area (Å²) in [6, 6.07) is 0. The van der Waals surface area contributed by atoms with Gasteiger partial charge in [0.25, 0.3) is 0 Å². The SMILES string of the molecule is CC(C)=C(C)C.CN(C)C. The normalized spacial score (nSPS) is 8.40. The average molecular weight is 143 g/mol. The molecular weight excluding hydrogens is 122 g/mol. The molecule has 0 radical (unpaired) electrons. The zero-order valence-electron chi connectivity index (χ0n) is 8.45. The van der Waals surface area contributed by atoms with Crippen LogP contribution >= 0.6 is 0 Å². The van der Waals surface area contributed by atoms with Crippen molar-refractivity contribution < 1.29 is 0 Å². The van der Waals surface area contributed by atoms with Crippen LogP contribution in [-0.2, 0) is 0 Å². The van der Waals surface area contributed by atoms with Gasteiger partial charge in [0, 0.05) is 0 Å². The molecule has 0 saturated heterocycles. The van der Waals surface area contributed by atoms with Gasteiger partial charge in [-0.15, -0.1) is 0 Å². The second-order valence-electron chi connectivity index (χ2n) is 3.34. The van der Waals surface area contributed by atoms with Crippen LogP contribution in [0.2, 0.25) is 0 Å². The largest absolute Gasteiger partial charge is 0.312 e. The molecule has 0 rings (SSSR count). The van der Waals surface area contributed by atoms with E-state index < -0.39 is 0 Å². The Balaban J connectivity index is 0. The van der Waals surface area contributed by atoms with Crippen molar-refractivity contribution in [1.29, 1.82) is 0 Å². The van der Waals surface area contributed by atoms with Gasteiger partial charge in [-0.05, 0) is 48.8 Å². The average Bonchev–Trinajstić information content (AvgIpc) is 1.63. The summed E-state index contributed by atoms with van der Waals surface area (Å²) >= 11 is 0. The van der Waals surface area contributed by atoms with Gasteiger partial charge in [-0.2, -0.15) is 0 Å². The van der Waals surface area contributed by atoms with Crippen LogP contribution in [0.4, 0.5) is 0 Å². The highest BCUT2D eigenvalue weighted by Crippen LogP contribution is 1.96. The van der Waals surface area contributed by atoms with E-state index in [1.165, 1.54) is 11.1 Å². The van der Waals surface area contributed by atoms with Crippen LogP contribution < -0.4 is 0 Å². The monoisotopic (exact) mass is 143 g/mol. The van der Waals surface area contributed by atoms with E-state index in [0.717, 1.165) is 0 Å². The number of allylic oxidation sites excluding steroid dienone is 2. The molecule has 10 heavy (non-hydrogen) atoms. The quantitative estimate of drug-likeness (QED) is 0.471. The summed E-state index contributed by atoms with van der Waals surface area (Å²) in [6.45, 7) is 8.48. The molecule has 0 aromatic carbocycles. The van der Waals surface area contributed by atoms with E-state index in [1.807, 2.05) is 26.0 Å². The highest BCUT2D eigenvalue weighted by Gasteiger charge is 1.75. The molecule has 1 nitrogen and oxygen atoms in total. The Hall–Kier alpha value is -0.300.